The molecule has 0 saturated heterocycles. The van der Waals surface area contributed by atoms with Gasteiger partial charge in [-0.05, 0) is 38.8 Å². The molecule has 2 aromatic rings. The van der Waals surface area contributed by atoms with Gasteiger partial charge in [0.1, 0.15) is 0 Å². The Morgan fingerprint density at radius 3 is 0.963 bits per heavy atom. The van der Waals surface area contributed by atoms with Crippen molar-refractivity contribution in [2.24, 2.45) is 5.41 Å². The first-order valence-electron chi connectivity index (χ1n) is 14.4. The smallest absolute Gasteiger partial charge is 0.522 e. The second-order valence-electron chi connectivity index (χ2n) is 12.2. The van der Waals surface area contributed by atoms with Crippen LogP contribution in [0.25, 0.3) is 5.32 Å². The predicted octanol–water partition coefficient (Wildman–Crippen LogP) is 9.92. The summed E-state index contributed by atoms with van der Waals surface area (Å²) in [4.78, 5) is 0. The molecule has 0 aliphatic rings. The molecule has 0 amide bonds. The van der Waals surface area contributed by atoms with Gasteiger partial charge in [0, 0.05) is 0 Å². The Morgan fingerprint density at radius 2 is 0.815 bits per heavy atom. The van der Waals surface area contributed by atoms with Crippen molar-refractivity contribution >= 4 is 31.6 Å². The first kappa shape index (κ1) is 55.9. The molecule has 0 radical (unpaired) electrons. The number of benzene rings is 2. The van der Waals surface area contributed by atoms with Crippen molar-refractivity contribution in [3.05, 3.63) is 64.0 Å². The van der Waals surface area contributed by atoms with Gasteiger partial charge >= 0.3 is 93.1 Å². The van der Waals surface area contributed by atoms with Crippen molar-refractivity contribution in [2.75, 3.05) is 0 Å². The standard InChI is InChI=1S/C20H20F6NO2.C5H9.C3H8.2CHF3O3S.W/c1-11-5-7-15(13(9-11)17(3,28)19(21,22)23)27-16-8-6-12(2)10-14(16)18(4,29)20(24,25)26;1-5(2,3)4;1-3-2;2*2-1(3,4)8(5,6)7;/h5-10,28-29H,1-4H3;1-3H3;3H2,1-2H3;2*(H,5,6,7);/q-1;;;;;+1/t17-,18+;;;;;. The molecule has 54 heavy (non-hydrogen) atoms. The van der Waals surface area contributed by atoms with Crippen LogP contribution in [0.1, 0.15) is 77.1 Å². The number of nitrogens with zero attached hydrogens (tertiary/aromatic N) is 1. The number of rotatable bonds is 4. The Kier molecular flexibility index (Phi) is 20.9. The quantitative estimate of drug-likeness (QED) is 0.134. The van der Waals surface area contributed by atoms with E-state index >= 15 is 0 Å². The maximum Gasteiger partial charge on any atom is 0.522 e. The molecule has 0 saturated carbocycles. The molecule has 314 valence electrons. The number of aryl methyl sites for hydroxylation is 2. The topological polar surface area (TPSA) is 163 Å². The number of alkyl halides is 12. The Bertz CT molecular complexity index is 1640. The van der Waals surface area contributed by atoms with Gasteiger partial charge in [-0.1, -0.05) is 67.8 Å². The van der Waals surface area contributed by atoms with Crippen LogP contribution in [-0.2, 0) is 50.6 Å². The van der Waals surface area contributed by atoms with Crippen LogP contribution in [0, 0.1) is 23.5 Å². The summed E-state index contributed by atoms with van der Waals surface area (Å²) in [6, 6.07) is 7.34. The van der Waals surface area contributed by atoms with Gasteiger partial charge in [-0.3, -0.25) is 9.11 Å². The zero-order chi connectivity index (χ0) is 44.3. The maximum atomic E-state index is 13.4. The third-order valence-corrected chi connectivity index (χ3v) is 8.96. The summed E-state index contributed by atoms with van der Waals surface area (Å²) < 4.78 is 198. The van der Waals surface area contributed by atoms with Crippen LogP contribution >= 0.6 is 0 Å². The van der Waals surface area contributed by atoms with E-state index in [1.807, 2.05) is 0 Å². The Hall–Kier alpha value is -2.39. The van der Waals surface area contributed by atoms with Crippen molar-refractivity contribution in [1.29, 1.82) is 0 Å². The Morgan fingerprint density at radius 1 is 0.611 bits per heavy atom. The van der Waals surface area contributed by atoms with Gasteiger partial charge < -0.3 is 15.5 Å². The molecule has 4 N–H and O–H groups in total. The third-order valence-electron chi connectivity index (χ3n) is 5.59. The molecule has 0 heterocycles. The van der Waals surface area contributed by atoms with Crippen molar-refractivity contribution < 1.29 is 108 Å². The van der Waals surface area contributed by atoms with E-state index in [0.29, 0.717) is 30.4 Å². The fourth-order valence-electron chi connectivity index (χ4n) is 2.71. The van der Waals surface area contributed by atoms with E-state index in [1.165, 1.54) is 63.7 Å². The number of halogens is 12. The van der Waals surface area contributed by atoms with Gasteiger partial charge in [-0.15, -0.1) is 11.4 Å². The van der Waals surface area contributed by atoms with Gasteiger partial charge in [0.15, 0.2) is 11.2 Å². The van der Waals surface area contributed by atoms with Crippen LogP contribution in [0.2, 0.25) is 0 Å². The van der Waals surface area contributed by atoms with Crippen LogP contribution in [0.5, 0.6) is 0 Å². The average molecular weight is 1020 g/mol. The summed E-state index contributed by atoms with van der Waals surface area (Å²) in [7, 11) is -11.7. The molecule has 0 unspecified atom stereocenters. The third kappa shape index (κ3) is 19.0. The molecular weight excluding hydrogens is 978 g/mol. The van der Waals surface area contributed by atoms with E-state index in [9.17, 15) is 62.9 Å². The average Bonchev–Trinajstić information content (AvgIpc) is 2.92. The molecule has 0 aliphatic carbocycles. The zero-order valence-electron chi connectivity index (χ0n) is 29.8. The first-order chi connectivity index (χ1) is 23.5. The fourth-order valence-corrected chi connectivity index (χ4v) is 2.71. The van der Waals surface area contributed by atoms with Crippen molar-refractivity contribution in [3.8, 4) is 4.20 Å². The fraction of sp³-hybridized carbons (Fsp3) is 0.567. The summed E-state index contributed by atoms with van der Waals surface area (Å²) in [6.07, 6.45) is -8.84. The van der Waals surface area contributed by atoms with Gasteiger partial charge in [0.05, 0.1) is 0 Å². The van der Waals surface area contributed by atoms with E-state index in [0.717, 1.165) is 12.1 Å². The largest absolute Gasteiger partial charge is 0.657 e. The molecule has 2 aromatic carbocycles. The predicted molar refractivity (Wildman–Crippen MR) is 171 cm³/mol. The zero-order valence-corrected chi connectivity index (χ0v) is 34.4. The second kappa shape index (κ2) is 20.2. The molecule has 0 fully saturated rings. The van der Waals surface area contributed by atoms with Crippen molar-refractivity contribution in [1.82, 2.24) is 0 Å². The van der Waals surface area contributed by atoms with Crippen LogP contribution in [0.15, 0.2) is 36.4 Å². The summed E-state index contributed by atoms with van der Waals surface area (Å²) >= 11 is 1.44. The Labute approximate surface area is 315 Å². The second-order valence-corrected chi connectivity index (χ2v) is 15.8. The molecular formula is C30H39F12NO8S2W. The van der Waals surface area contributed by atoms with E-state index < -0.39 is 65.9 Å². The molecule has 0 bridgehead atoms. The summed E-state index contributed by atoms with van der Waals surface area (Å²) in [5.74, 6) is 0. The monoisotopic (exact) mass is 1020 g/mol. The van der Waals surface area contributed by atoms with E-state index in [2.05, 4.69) is 44.1 Å². The summed E-state index contributed by atoms with van der Waals surface area (Å²) in [5, 5.41) is 24.2. The van der Waals surface area contributed by atoms with Crippen molar-refractivity contribution in [3.63, 3.8) is 0 Å². The number of hydrogen-bond acceptors (Lipinski definition) is 6. The van der Waals surface area contributed by atoms with Gasteiger partial charge in [-0.2, -0.15) is 69.5 Å². The first-order valence-corrected chi connectivity index (χ1v) is 18.8. The molecule has 24 heteroatoms. The summed E-state index contributed by atoms with van der Waals surface area (Å²) in [5.41, 5.74) is -18.4. The van der Waals surface area contributed by atoms with E-state index in [-0.39, 0.29) is 11.4 Å². The molecule has 0 aromatic heterocycles. The normalized spacial score (nSPS) is 14.7. The Balaban J connectivity index is -0.000000840. The van der Waals surface area contributed by atoms with Crippen LogP contribution < -0.4 is 0 Å². The van der Waals surface area contributed by atoms with Gasteiger partial charge in [-0.25, -0.2) is 0 Å². The number of hydrogen-bond donors (Lipinski definition) is 4. The van der Waals surface area contributed by atoms with Gasteiger partial charge in [0.25, 0.3) is 0 Å². The van der Waals surface area contributed by atoms with Crippen molar-refractivity contribution in [2.45, 2.75) is 103 Å². The van der Waals surface area contributed by atoms with E-state index in [1.54, 1.807) is 0 Å². The van der Waals surface area contributed by atoms with Crippen LogP contribution in [-0.4, -0.2) is 59.5 Å². The van der Waals surface area contributed by atoms with Crippen LogP contribution in [0.4, 0.5) is 64.1 Å². The summed E-state index contributed by atoms with van der Waals surface area (Å²) in [6.45, 7) is 14.8. The molecule has 2 rings (SSSR count). The maximum absolute atomic E-state index is 13.4. The molecule has 0 aliphatic heterocycles. The molecule has 0 spiro atoms. The minimum atomic E-state index is -5.84. The molecule has 2 atom stereocenters. The SMILES string of the molecule is CC(C)(C)[C]#[W+].CCC.Cc1ccc([N-]c2ccc(C)cc2[C@@](C)(O)C(F)(F)F)c([C@](C)(O)C(F)(F)F)c1.O=S(=O)(O)C(F)(F)F.O=S(=O)(O)C(F)(F)F. The van der Waals surface area contributed by atoms with Crippen LogP contribution in [0.3, 0.4) is 0 Å². The minimum absolute atomic E-state index is 0.329. The van der Waals surface area contributed by atoms with E-state index in [4.69, 9.17) is 25.9 Å². The minimum Gasteiger partial charge on any atom is -0.657 e. The number of aliphatic hydroxyl groups is 2. The van der Waals surface area contributed by atoms with Gasteiger partial charge in [0.2, 0.25) is 0 Å². The molecule has 9 nitrogen and oxygen atoms in total.